The summed E-state index contributed by atoms with van der Waals surface area (Å²) in [6.45, 7) is 6.39. The number of rotatable bonds is 8. The van der Waals surface area contributed by atoms with E-state index in [1.165, 1.54) is 9.80 Å². The minimum Gasteiger partial charge on any atom is -0.493 e. The summed E-state index contributed by atoms with van der Waals surface area (Å²) in [5, 5.41) is 0.186. The number of hydrogen-bond donors (Lipinski definition) is 0. The van der Waals surface area contributed by atoms with Crippen LogP contribution in [0, 0.1) is 0 Å². The number of nitrogens with zero attached hydrogens (tertiary/aromatic N) is 2. The van der Waals surface area contributed by atoms with Crippen molar-refractivity contribution in [2.75, 3.05) is 18.6 Å². The van der Waals surface area contributed by atoms with Gasteiger partial charge in [-0.15, -0.1) is 0 Å². The van der Waals surface area contributed by atoms with Crippen molar-refractivity contribution in [2.45, 2.75) is 39.7 Å². The molecule has 1 aliphatic heterocycles. The van der Waals surface area contributed by atoms with E-state index in [1.807, 2.05) is 39.0 Å². The van der Waals surface area contributed by atoms with Crippen molar-refractivity contribution in [3.8, 4) is 11.5 Å². The van der Waals surface area contributed by atoms with Crippen LogP contribution in [0.3, 0.4) is 0 Å². The van der Waals surface area contributed by atoms with Gasteiger partial charge in [-0.3, -0.25) is 19.4 Å². The molecule has 8 heteroatoms. The summed E-state index contributed by atoms with van der Waals surface area (Å²) in [4.78, 5) is 29.6. The van der Waals surface area contributed by atoms with Crippen LogP contribution in [0.4, 0.5) is 5.69 Å². The van der Waals surface area contributed by atoms with Crippen molar-refractivity contribution in [2.24, 2.45) is 0 Å². The van der Waals surface area contributed by atoms with E-state index >= 15 is 0 Å². The van der Waals surface area contributed by atoms with E-state index in [-0.39, 0.29) is 16.8 Å². The van der Waals surface area contributed by atoms with Crippen molar-refractivity contribution in [3.63, 3.8) is 0 Å². The Morgan fingerprint density at radius 2 is 1.82 bits per heavy atom. The summed E-state index contributed by atoms with van der Waals surface area (Å²) >= 11 is 9.08. The first kappa shape index (κ1) is 24.9. The van der Waals surface area contributed by atoms with E-state index in [2.05, 4.69) is 15.9 Å². The lowest BCUT2D eigenvalue weighted by atomic mass is 10.0. The molecule has 3 rings (SSSR count). The average molecular weight is 531 g/mol. The zero-order valence-corrected chi connectivity index (χ0v) is 21.5. The quantitative estimate of drug-likeness (QED) is 0.253. The van der Waals surface area contributed by atoms with Crippen molar-refractivity contribution in [3.05, 3.63) is 58.1 Å². The molecule has 0 radical (unpaired) electrons. The molecule has 0 aromatic heterocycles. The summed E-state index contributed by atoms with van der Waals surface area (Å²) in [6.07, 6.45) is 3.12. The highest BCUT2D eigenvalue weighted by Crippen LogP contribution is 2.38. The van der Waals surface area contributed by atoms with Gasteiger partial charge in [0, 0.05) is 6.54 Å². The molecule has 0 saturated carbocycles. The minimum absolute atomic E-state index is 0.00366. The van der Waals surface area contributed by atoms with Gasteiger partial charge < -0.3 is 9.47 Å². The fourth-order valence-corrected chi connectivity index (χ4v) is 4.31. The molecule has 6 nitrogen and oxygen atoms in total. The van der Waals surface area contributed by atoms with E-state index < -0.39 is 11.8 Å². The van der Waals surface area contributed by atoms with Crippen molar-refractivity contribution in [1.82, 2.24) is 4.90 Å². The number of thiocarbonyl (C=S) groups is 1. The lowest BCUT2D eigenvalue weighted by Gasteiger charge is -2.36. The van der Waals surface area contributed by atoms with Crippen LogP contribution < -0.4 is 14.4 Å². The summed E-state index contributed by atoms with van der Waals surface area (Å²) < 4.78 is 12.2. The fourth-order valence-electron chi connectivity index (χ4n) is 3.39. The minimum atomic E-state index is -0.460. The van der Waals surface area contributed by atoms with Gasteiger partial charge in [-0.25, -0.2) is 0 Å². The van der Waals surface area contributed by atoms with Crippen LogP contribution >= 0.6 is 28.1 Å². The van der Waals surface area contributed by atoms with Gasteiger partial charge in [0.15, 0.2) is 16.6 Å². The molecule has 2 aromatic carbocycles. The van der Waals surface area contributed by atoms with Crippen LogP contribution in [0.5, 0.6) is 11.5 Å². The molecule has 2 aromatic rings. The Bertz CT molecular complexity index is 1090. The Kier molecular flexibility index (Phi) is 8.26. The number of amides is 2. The summed E-state index contributed by atoms with van der Waals surface area (Å²) in [5.74, 6) is 0.218. The standard InChI is InChI=1S/C25H27BrN2O4S/c1-5-12-27-23(29)19(24(30)28(25(27)33)18-10-8-7-9-11-18)13-17-14-20(26)22(21(15-17)31-4)32-16(3)6-2/h7-11,13-16H,5-6,12H2,1-4H3/b19-13+/t16-/m1/s1. The van der Waals surface area contributed by atoms with Crippen LogP contribution in [0.1, 0.15) is 39.2 Å². The van der Waals surface area contributed by atoms with Gasteiger partial charge in [0.2, 0.25) is 0 Å². The topological polar surface area (TPSA) is 59.1 Å². The van der Waals surface area contributed by atoms with E-state index in [1.54, 1.807) is 37.5 Å². The summed E-state index contributed by atoms with van der Waals surface area (Å²) in [6, 6.07) is 12.7. The molecule has 0 unspecified atom stereocenters. The molecule has 1 saturated heterocycles. The highest BCUT2D eigenvalue weighted by molar-refractivity contribution is 9.10. The second kappa shape index (κ2) is 10.9. The molecule has 0 spiro atoms. The SMILES string of the molecule is CCCN1C(=O)/C(=C\c2cc(Br)c(O[C@H](C)CC)c(OC)c2)C(=O)N(c2ccccc2)C1=S. The molecule has 1 aliphatic rings. The first-order valence-electron chi connectivity index (χ1n) is 10.8. The Labute approximate surface area is 208 Å². The number of hydrogen-bond acceptors (Lipinski definition) is 5. The highest BCUT2D eigenvalue weighted by atomic mass is 79.9. The molecule has 1 fully saturated rings. The number of ether oxygens (including phenoxy) is 2. The Morgan fingerprint density at radius 3 is 2.42 bits per heavy atom. The first-order valence-corrected chi connectivity index (χ1v) is 12.0. The van der Waals surface area contributed by atoms with E-state index in [9.17, 15) is 9.59 Å². The van der Waals surface area contributed by atoms with E-state index in [4.69, 9.17) is 21.7 Å². The Hall–Kier alpha value is -2.71. The Balaban J connectivity index is 2.08. The predicted octanol–water partition coefficient (Wildman–Crippen LogP) is 5.59. The number of carbonyl (C=O) groups excluding carboxylic acids is 2. The van der Waals surface area contributed by atoms with Crippen molar-refractivity contribution in [1.29, 1.82) is 0 Å². The molecular formula is C25H27BrN2O4S. The first-order chi connectivity index (χ1) is 15.8. The lowest BCUT2D eigenvalue weighted by molar-refractivity contribution is -0.127. The van der Waals surface area contributed by atoms with Gasteiger partial charge in [-0.2, -0.15) is 0 Å². The molecule has 0 N–H and O–H groups in total. The molecule has 174 valence electrons. The van der Waals surface area contributed by atoms with Gasteiger partial charge in [-0.1, -0.05) is 32.0 Å². The van der Waals surface area contributed by atoms with Crippen molar-refractivity contribution < 1.29 is 19.1 Å². The molecule has 33 heavy (non-hydrogen) atoms. The maximum absolute atomic E-state index is 13.4. The van der Waals surface area contributed by atoms with Crippen LogP contribution in [0.15, 0.2) is 52.5 Å². The number of carbonyl (C=O) groups is 2. The van der Waals surface area contributed by atoms with Crippen molar-refractivity contribution >= 4 is 56.8 Å². The van der Waals surface area contributed by atoms with Gasteiger partial charge >= 0.3 is 0 Å². The fraction of sp³-hybridized carbons (Fsp3) is 0.320. The molecular weight excluding hydrogens is 504 g/mol. The zero-order chi connectivity index (χ0) is 24.1. The van der Waals surface area contributed by atoms with E-state index in [0.717, 1.165) is 6.42 Å². The number of anilines is 1. The maximum Gasteiger partial charge on any atom is 0.270 e. The second-order valence-electron chi connectivity index (χ2n) is 7.64. The largest absolute Gasteiger partial charge is 0.493 e. The van der Waals surface area contributed by atoms with Crippen LogP contribution in [0.2, 0.25) is 0 Å². The van der Waals surface area contributed by atoms with Gasteiger partial charge in [0.1, 0.15) is 5.57 Å². The molecule has 2 amide bonds. The second-order valence-corrected chi connectivity index (χ2v) is 8.86. The van der Waals surface area contributed by atoms with Gasteiger partial charge in [0.25, 0.3) is 11.8 Å². The van der Waals surface area contributed by atoms with Crippen LogP contribution in [0.25, 0.3) is 6.08 Å². The third-order valence-corrected chi connectivity index (χ3v) is 6.24. The maximum atomic E-state index is 13.4. The number of halogens is 1. The monoisotopic (exact) mass is 530 g/mol. The third kappa shape index (κ3) is 5.28. The van der Waals surface area contributed by atoms with Gasteiger partial charge in [0.05, 0.1) is 23.4 Å². The highest BCUT2D eigenvalue weighted by Gasteiger charge is 2.39. The van der Waals surface area contributed by atoms with Gasteiger partial charge in [-0.05, 0) is 83.8 Å². The molecule has 0 aliphatic carbocycles. The molecule has 0 bridgehead atoms. The average Bonchev–Trinajstić information content (AvgIpc) is 2.81. The normalized spacial score (nSPS) is 16.4. The zero-order valence-electron chi connectivity index (χ0n) is 19.1. The summed E-state index contributed by atoms with van der Waals surface area (Å²) in [7, 11) is 1.55. The molecule has 1 heterocycles. The summed E-state index contributed by atoms with van der Waals surface area (Å²) in [5.41, 5.74) is 1.28. The lowest BCUT2D eigenvalue weighted by Crippen LogP contribution is -2.56. The predicted molar refractivity (Wildman–Crippen MR) is 138 cm³/mol. The van der Waals surface area contributed by atoms with E-state index in [0.29, 0.717) is 40.2 Å². The third-order valence-electron chi connectivity index (χ3n) is 5.25. The number of methoxy groups -OCH3 is 1. The Morgan fingerprint density at radius 1 is 1.12 bits per heavy atom. The number of benzene rings is 2. The van der Waals surface area contributed by atoms with Crippen LogP contribution in [-0.4, -0.2) is 41.6 Å². The molecule has 1 atom stereocenters. The number of para-hydroxylation sites is 1. The van der Waals surface area contributed by atoms with Crippen LogP contribution in [-0.2, 0) is 9.59 Å². The smallest absolute Gasteiger partial charge is 0.270 e.